The minimum atomic E-state index is -0.0543. The first kappa shape index (κ1) is 29.5. The number of rotatable bonds is 3. The lowest BCUT2D eigenvalue weighted by Gasteiger charge is -2.21. The van der Waals surface area contributed by atoms with Crippen molar-refractivity contribution in [3.8, 4) is 44.5 Å². The Morgan fingerprint density at radius 1 is 0.481 bits per heavy atom. The molecule has 246 valence electrons. The van der Waals surface area contributed by atoms with E-state index in [4.69, 9.17) is 4.42 Å². The van der Waals surface area contributed by atoms with E-state index in [1.807, 2.05) is 0 Å². The number of benzene rings is 8. The highest BCUT2D eigenvalue weighted by Gasteiger charge is 2.37. The van der Waals surface area contributed by atoms with E-state index in [2.05, 4.69) is 172 Å². The third-order valence-electron chi connectivity index (χ3n) is 12.0. The number of fused-ring (bicyclic) bond motifs is 10. The molecule has 1 heterocycles. The van der Waals surface area contributed by atoms with Crippen molar-refractivity contribution in [2.75, 3.05) is 0 Å². The van der Waals surface area contributed by atoms with Crippen LogP contribution in [0.25, 0.3) is 94.1 Å². The topological polar surface area (TPSA) is 13.1 Å². The van der Waals surface area contributed by atoms with Crippen LogP contribution in [0.4, 0.5) is 0 Å². The highest BCUT2D eigenvalue weighted by atomic mass is 16.3. The van der Waals surface area contributed by atoms with Gasteiger partial charge in [-0.1, -0.05) is 159 Å². The van der Waals surface area contributed by atoms with E-state index in [0.29, 0.717) is 0 Å². The number of aryl methyl sites for hydroxylation is 1. The average molecular weight is 665 g/mol. The highest BCUT2D eigenvalue weighted by molar-refractivity contribution is 6.22. The summed E-state index contributed by atoms with van der Waals surface area (Å²) in [6.45, 7) is 4.64. The Morgan fingerprint density at radius 3 is 1.90 bits per heavy atom. The third kappa shape index (κ3) is 4.11. The first-order chi connectivity index (χ1) is 25.6. The first-order valence-corrected chi connectivity index (χ1v) is 18.5. The largest absolute Gasteiger partial charge is 0.455 e. The third-order valence-corrected chi connectivity index (χ3v) is 12.0. The van der Waals surface area contributed by atoms with Gasteiger partial charge in [0.1, 0.15) is 11.2 Å². The molecule has 0 radical (unpaired) electrons. The Kier molecular flexibility index (Phi) is 6.20. The van der Waals surface area contributed by atoms with Crippen LogP contribution in [0.2, 0.25) is 0 Å². The Morgan fingerprint density at radius 2 is 1.13 bits per heavy atom. The van der Waals surface area contributed by atoms with Gasteiger partial charge < -0.3 is 4.42 Å². The highest BCUT2D eigenvalue weighted by Crippen LogP contribution is 2.53. The molecule has 1 heteroatoms. The van der Waals surface area contributed by atoms with Gasteiger partial charge in [-0.05, 0) is 108 Å². The second-order valence-electron chi connectivity index (χ2n) is 15.1. The van der Waals surface area contributed by atoms with Crippen molar-refractivity contribution in [2.45, 2.75) is 32.1 Å². The first-order valence-electron chi connectivity index (χ1n) is 18.5. The molecular formula is C51H36O. The molecule has 11 rings (SSSR count). The molecule has 2 aliphatic rings. The second-order valence-corrected chi connectivity index (χ2v) is 15.1. The molecule has 0 spiro atoms. The van der Waals surface area contributed by atoms with E-state index in [9.17, 15) is 0 Å². The molecule has 0 bridgehead atoms. The zero-order chi connectivity index (χ0) is 34.6. The lowest BCUT2D eigenvalue weighted by Crippen LogP contribution is -2.14. The van der Waals surface area contributed by atoms with E-state index in [1.54, 1.807) is 0 Å². The van der Waals surface area contributed by atoms with Gasteiger partial charge in [0.15, 0.2) is 0 Å². The average Bonchev–Trinajstić information content (AvgIpc) is 3.68. The van der Waals surface area contributed by atoms with Crippen LogP contribution in [0.1, 0.15) is 42.5 Å². The molecule has 0 aliphatic heterocycles. The molecule has 1 aromatic heterocycles. The fourth-order valence-electron chi connectivity index (χ4n) is 9.44. The summed E-state index contributed by atoms with van der Waals surface area (Å²) in [5.41, 5.74) is 17.5. The summed E-state index contributed by atoms with van der Waals surface area (Å²) in [6, 6.07) is 54.0. The normalized spacial score (nSPS) is 14.3. The minimum Gasteiger partial charge on any atom is -0.455 e. The second kappa shape index (κ2) is 10.9. The van der Waals surface area contributed by atoms with E-state index in [-0.39, 0.29) is 5.41 Å². The maximum atomic E-state index is 6.66. The van der Waals surface area contributed by atoms with E-state index >= 15 is 0 Å². The van der Waals surface area contributed by atoms with Crippen LogP contribution in [0.5, 0.6) is 0 Å². The number of hydrogen-bond donors (Lipinski definition) is 0. The van der Waals surface area contributed by atoms with Gasteiger partial charge in [0.05, 0.1) is 0 Å². The van der Waals surface area contributed by atoms with Gasteiger partial charge in [0.2, 0.25) is 0 Å². The fourth-order valence-corrected chi connectivity index (χ4v) is 9.44. The van der Waals surface area contributed by atoms with Crippen LogP contribution in [0.15, 0.2) is 156 Å². The standard InChI is InChI=1S/C51H36O/c1-51(2)44-21-10-9-19-42(44)49-45(51)28-27-41-43-30-34(26-29-46(43)52-50(41)49)31-22-24-33(25-23-31)47-37-15-5-7-17-39(37)48(40-18-8-6-16-38(40)47)36-20-11-13-32-12-3-4-14-35(32)36/h4-11,13-30H,3,12H2,1-2H3. The molecule has 9 aromatic rings. The van der Waals surface area contributed by atoms with E-state index < -0.39 is 0 Å². The summed E-state index contributed by atoms with van der Waals surface area (Å²) in [5.74, 6) is 0. The number of allylic oxidation sites excluding steroid dienone is 1. The molecule has 8 aromatic carbocycles. The van der Waals surface area contributed by atoms with Gasteiger partial charge in [-0.15, -0.1) is 0 Å². The van der Waals surface area contributed by atoms with Gasteiger partial charge in [0, 0.05) is 21.8 Å². The summed E-state index contributed by atoms with van der Waals surface area (Å²) in [4.78, 5) is 0. The van der Waals surface area contributed by atoms with Gasteiger partial charge in [-0.2, -0.15) is 0 Å². The van der Waals surface area contributed by atoms with Crippen LogP contribution >= 0.6 is 0 Å². The van der Waals surface area contributed by atoms with Crippen LogP contribution in [0.3, 0.4) is 0 Å². The number of hydrogen-bond acceptors (Lipinski definition) is 1. The molecule has 0 N–H and O–H groups in total. The van der Waals surface area contributed by atoms with E-state index in [1.165, 1.54) is 93.7 Å². The van der Waals surface area contributed by atoms with Crippen molar-refractivity contribution in [1.29, 1.82) is 0 Å². The zero-order valence-electron chi connectivity index (χ0n) is 29.3. The molecule has 1 nitrogen and oxygen atoms in total. The Hall–Kier alpha value is -6.18. The minimum absolute atomic E-state index is 0.0543. The summed E-state index contributed by atoms with van der Waals surface area (Å²) < 4.78 is 6.66. The van der Waals surface area contributed by atoms with Crippen molar-refractivity contribution in [3.63, 3.8) is 0 Å². The van der Waals surface area contributed by atoms with Gasteiger partial charge in [0.25, 0.3) is 0 Å². The van der Waals surface area contributed by atoms with Gasteiger partial charge in [-0.25, -0.2) is 0 Å². The van der Waals surface area contributed by atoms with Gasteiger partial charge in [-0.3, -0.25) is 0 Å². The summed E-state index contributed by atoms with van der Waals surface area (Å²) in [7, 11) is 0. The molecule has 52 heavy (non-hydrogen) atoms. The van der Waals surface area contributed by atoms with E-state index in [0.717, 1.165) is 29.4 Å². The maximum Gasteiger partial charge on any atom is 0.143 e. The van der Waals surface area contributed by atoms with Crippen molar-refractivity contribution in [1.82, 2.24) is 0 Å². The van der Waals surface area contributed by atoms with Gasteiger partial charge >= 0.3 is 0 Å². The maximum absolute atomic E-state index is 6.66. The summed E-state index contributed by atoms with van der Waals surface area (Å²) in [5, 5.41) is 7.49. The number of furan rings is 1. The molecule has 2 aliphatic carbocycles. The Labute approximate surface area is 303 Å². The van der Waals surface area contributed by atoms with Crippen LogP contribution in [-0.2, 0) is 11.8 Å². The van der Waals surface area contributed by atoms with Crippen LogP contribution < -0.4 is 0 Å². The Bertz CT molecular complexity index is 2910. The quantitative estimate of drug-likeness (QED) is 0.171. The summed E-state index contributed by atoms with van der Waals surface area (Å²) >= 11 is 0. The zero-order valence-corrected chi connectivity index (χ0v) is 29.3. The van der Waals surface area contributed by atoms with Crippen molar-refractivity contribution >= 4 is 49.6 Å². The smallest absolute Gasteiger partial charge is 0.143 e. The molecule has 0 saturated heterocycles. The van der Waals surface area contributed by atoms with Crippen LogP contribution in [0, 0.1) is 0 Å². The lowest BCUT2D eigenvalue weighted by molar-refractivity contribution is 0.653. The molecule has 0 amide bonds. The van der Waals surface area contributed by atoms with Crippen molar-refractivity contribution in [2.24, 2.45) is 0 Å². The molecule has 0 saturated carbocycles. The molecule has 0 atom stereocenters. The predicted octanol–water partition coefficient (Wildman–Crippen LogP) is 14.2. The summed E-state index contributed by atoms with van der Waals surface area (Å²) in [6.07, 6.45) is 6.86. The Balaban J connectivity index is 1.05. The molecule has 0 unspecified atom stereocenters. The molecular weight excluding hydrogens is 629 g/mol. The predicted molar refractivity (Wildman–Crippen MR) is 220 cm³/mol. The lowest BCUT2D eigenvalue weighted by atomic mass is 9.82. The SMILES string of the molecule is CC1(C)c2ccccc2-c2c1ccc1c2oc2ccc(-c3ccc(-c4c5ccccc5c(-c5cccc6c5C=CCC6)c5ccccc45)cc3)cc21. The monoisotopic (exact) mass is 664 g/mol. The van der Waals surface area contributed by atoms with Crippen molar-refractivity contribution in [3.05, 3.63) is 174 Å². The fraction of sp³-hybridized carbons (Fsp3) is 0.0980. The van der Waals surface area contributed by atoms with Crippen molar-refractivity contribution < 1.29 is 4.42 Å². The van der Waals surface area contributed by atoms with Crippen LogP contribution in [-0.4, -0.2) is 0 Å². The molecule has 0 fully saturated rings.